The Morgan fingerprint density at radius 3 is 2.53 bits per heavy atom. The highest BCUT2D eigenvalue weighted by atomic mass is 35.5. The van der Waals surface area contributed by atoms with E-state index in [1.807, 2.05) is 42.3 Å². The van der Waals surface area contributed by atoms with Gasteiger partial charge in [-0.3, -0.25) is 0 Å². The SMILES string of the molecule is COc1ccc(CNC2=C(C(=O)[N+](=O)CCCc3ccc(Cl)c(Cl)c3)C=CN(C)C2)cc1. The van der Waals surface area contributed by atoms with Crippen molar-refractivity contribution in [2.24, 2.45) is 0 Å². The summed E-state index contributed by atoms with van der Waals surface area (Å²) in [5, 5.41) is 4.29. The maximum atomic E-state index is 12.8. The van der Waals surface area contributed by atoms with Gasteiger partial charge in [0.1, 0.15) is 11.3 Å². The summed E-state index contributed by atoms with van der Waals surface area (Å²) in [7, 11) is 3.54. The van der Waals surface area contributed by atoms with Gasteiger partial charge in [0.25, 0.3) is 0 Å². The number of nitrogens with one attached hydrogen (secondary N) is 1. The molecule has 1 N–H and O–H groups in total. The molecule has 3 rings (SSSR count). The monoisotopic (exact) mass is 474 g/mol. The second kappa shape index (κ2) is 11.2. The summed E-state index contributed by atoms with van der Waals surface area (Å²) in [6.07, 6.45) is 4.64. The first-order valence-electron chi connectivity index (χ1n) is 10.3. The van der Waals surface area contributed by atoms with Gasteiger partial charge in [-0.25, -0.2) is 4.79 Å². The average molecular weight is 475 g/mol. The van der Waals surface area contributed by atoms with Crippen molar-refractivity contribution in [2.75, 3.05) is 27.2 Å². The Labute approximate surface area is 198 Å². The van der Waals surface area contributed by atoms with Crippen LogP contribution < -0.4 is 10.1 Å². The summed E-state index contributed by atoms with van der Waals surface area (Å²) in [5.41, 5.74) is 3.13. The standard InChI is InChI=1S/C24H25Cl2N3O3/c1-28-13-11-20(23(16-28)27-15-18-5-8-19(32-2)9-6-18)24(30)29(31)12-3-4-17-7-10-21(25)22(26)14-17/h5-11,13-14H,3-4,12,15-16H2,1-2H3/p+1. The van der Waals surface area contributed by atoms with E-state index in [0.29, 0.717) is 46.3 Å². The molecule has 6 nitrogen and oxygen atoms in total. The van der Waals surface area contributed by atoms with Gasteiger partial charge in [0.05, 0.1) is 28.5 Å². The first kappa shape index (κ1) is 23.8. The molecule has 0 fully saturated rings. The Hall–Kier alpha value is -2.83. The zero-order valence-corrected chi connectivity index (χ0v) is 19.6. The van der Waals surface area contributed by atoms with E-state index >= 15 is 0 Å². The highest BCUT2D eigenvalue weighted by Gasteiger charge is 2.30. The van der Waals surface area contributed by atoms with Crippen LogP contribution in [0.25, 0.3) is 0 Å². The van der Waals surface area contributed by atoms with Gasteiger partial charge in [0.2, 0.25) is 6.54 Å². The summed E-state index contributed by atoms with van der Waals surface area (Å²) in [4.78, 5) is 27.3. The number of amides is 1. The minimum atomic E-state index is -0.541. The molecule has 1 aliphatic heterocycles. The first-order chi connectivity index (χ1) is 15.4. The Morgan fingerprint density at radius 1 is 1.12 bits per heavy atom. The van der Waals surface area contributed by atoms with Crippen molar-refractivity contribution in [3.8, 4) is 5.75 Å². The van der Waals surface area contributed by atoms with Crippen LogP contribution in [0, 0.1) is 4.91 Å². The van der Waals surface area contributed by atoms with E-state index in [1.54, 1.807) is 31.5 Å². The van der Waals surface area contributed by atoms with Crippen LogP contribution in [0.5, 0.6) is 5.75 Å². The van der Waals surface area contributed by atoms with Crippen molar-refractivity contribution in [1.82, 2.24) is 10.2 Å². The van der Waals surface area contributed by atoms with Crippen LogP contribution in [-0.4, -0.2) is 42.8 Å². The number of methoxy groups -OCH3 is 1. The number of nitrogens with zero attached hydrogens (tertiary/aromatic N) is 2. The van der Waals surface area contributed by atoms with E-state index in [2.05, 4.69) is 5.32 Å². The molecule has 0 aromatic heterocycles. The van der Waals surface area contributed by atoms with Crippen LogP contribution in [0.3, 0.4) is 0 Å². The highest BCUT2D eigenvalue weighted by molar-refractivity contribution is 6.42. The fourth-order valence-electron chi connectivity index (χ4n) is 3.35. The summed E-state index contributed by atoms with van der Waals surface area (Å²) >= 11 is 12.0. The van der Waals surface area contributed by atoms with E-state index in [1.165, 1.54) is 0 Å². The van der Waals surface area contributed by atoms with E-state index < -0.39 is 5.91 Å². The van der Waals surface area contributed by atoms with E-state index in [-0.39, 0.29) is 6.54 Å². The predicted molar refractivity (Wildman–Crippen MR) is 127 cm³/mol. The normalized spacial score (nSPS) is 13.3. The molecule has 0 saturated carbocycles. The zero-order valence-electron chi connectivity index (χ0n) is 18.1. The van der Waals surface area contributed by atoms with Gasteiger partial charge in [-0.05, 0) is 47.9 Å². The van der Waals surface area contributed by atoms with Gasteiger partial charge in [0, 0.05) is 36.8 Å². The zero-order chi connectivity index (χ0) is 23.1. The molecule has 0 spiro atoms. The minimum absolute atomic E-state index is 0.0953. The topological polar surface area (TPSA) is 61.6 Å². The third kappa shape index (κ3) is 6.34. The molecule has 1 aliphatic rings. The van der Waals surface area contributed by atoms with E-state index in [0.717, 1.165) is 22.6 Å². The summed E-state index contributed by atoms with van der Waals surface area (Å²) in [5.74, 6) is 0.243. The molecule has 8 heteroatoms. The number of aryl methyl sites for hydroxylation is 1. The van der Waals surface area contributed by atoms with Gasteiger partial charge in [-0.2, -0.15) is 0 Å². The molecule has 0 radical (unpaired) electrons. The number of carbonyl (C=O) groups excluding carboxylic acids is 1. The quantitative estimate of drug-likeness (QED) is 0.531. The number of nitroso groups, excluding NO2 is 1. The number of ether oxygens (including phenoxy) is 1. The van der Waals surface area contributed by atoms with Crippen LogP contribution in [-0.2, 0) is 17.8 Å². The largest absolute Gasteiger partial charge is 0.497 e. The molecule has 32 heavy (non-hydrogen) atoms. The predicted octanol–water partition coefficient (Wildman–Crippen LogP) is 4.74. The Morgan fingerprint density at radius 2 is 1.84 bits per heavy atom. The lowest BCUT2D eigenvalue weighted by Crippen LogP contribution is -2.32. The third-order valence-corrected chi connectivity index (χ3v) is 5.90. The fraction of sp³-hybridized carbons (Fsp3) is 0.292. The molecule has 168 valence electrons. The number of halogens is 2. The second-order valence-corrected chi connectivity index (χ2v) is 8.40. The molecule has 0 unspecified atom stereocenters. The van der Waals surface area contributed by atoms with Crippen molar-refractivity contribution in [2.45, 2.75) is 19.4 Å². The summed E-state index contributed by atoms with van der Waals surface area (Å²) < 4.78 is 5.71. The third-order valence-electron chi connectivity index (χ3n) is 5.16. The molecular weight excluding hydrogens is 449 g/mol. The number of hydrogen-bond acceptors (Lipinski definition) is 5. The molecule has 1 heterocycles. The highest BCUT2D eigenvalue weighted by Crippen LogP contribution is 2.23. The Balaban J connectivity index is 1.61. The maximum absolute atomic E-state index is 12.8. The number of benzene rings is 2. The summed E-state index contributed by atoms with van der Waals surface area (Å²) in [6, 6.07) is 13.1. The Kier molecular flexibility index (Phi) is 8.31. The van der Waals surface area contributed by atoms with Crippen molar-refractivity contribution < 1.29 is 14.3 Å². The molecule has 0 atom stereocenters. The molecule has 0 aliphatic carbocycles. The lowest BCUT2D eigenvalue weighted by molar-refractivity contribution is -0.465. The number of likely N-dealkylation sites (N-methyl/N-ethyl adjacent to an activating group) is 1. The number of hydrogen-bond donors (Lipinski definition) is 1. The summed E-state index contributed by atoms with van der Waals surface area (Å²) in [6.45, 7) is 1.15. The van der Waals surface area contributed by atoms with Crippen LogP contribution in [0.2, 0.25) is 10.0 Å². The van der Waals surface area contributed by atoms with Crippen LogP contribution >= 0.6 is 23.2 Å². The number of rotatable bonds is 9. The van der Waals surface area contributed by atoms with Crippen LogP contribution in [0.1, 0.15) is 17.5 Å². The van der Waals surface area contributed by atoms with Crippen molar-refractivity contribution >= 4 is 29.1 Å². The molecule has 1 amide bonds. The van der Waals surface area contributed by atoms with Crippen LogP contribution in [0.4, 0.5) is 0 Å². The van der Waals surface area contributed by atoms with Gasteiger partial charge in [0.15, 0.2) is 0 Å². The molecule has 2 aromatic carbocycles. The fourth-order valence-corrected chi connectivity index (χ4v) is 3.67. The van der Waals surface area contributed by atoms with Gasteiger partial charge in [-0.15, -0.1) is 0 Å². The average Bonchev–Trinajstić information content (AvgIpc) is 2.80. The molecular formula is C24H26Cl2N3O3+. The molecule has 2 aromatic rings. The smallest absolute Gasteiger partial charge is 0.466 e. The number of carbonyl (C=O) groups is 1. The van der Waals surface area contributed by atoms with Gasteiger partial charge < -0.3 is 15.0 Å². The maximum Gasteiger partial charge on any atom is 0.466 e. The molecule has 0 saturated heterocycles. The van der Waals surface area contributed by atoms with Gasteiger partial charge >= 0.3 is 5.91 Å². The molecule has 0 bridgehead atoms. The lowest BCUT2D eigenvalue weighted by Gasteiger charge is -2.23. The van der Waals surface area contributed by atoms with E-state index in [9.17, 15) is 9.70 Å². The van der Waals surface area contributed by atoms with Crippen molar-refractivity contribution in [3.05, 3.63) is 92.1 Å². The van der Waals surface area contributed by atoms with Crippen molar-refractivity contribution in [1.29, 1.82) is 0 Å². The van der Waals surface area contributed by atoms with E-state index in [4.69, 9.17) is 27.9 Å². The lowest BCUT2D eigenvalue weighted by atomic mass is 10.1. The first-order valence-corrected chi connectivity index (χ1v) is 11.0. The van der Waals surface area contributed by atoms with Crippen molar-refractivity contribution in [3.63, 3.8) is 0 Å². The van der Waals surface area contributed by atoms with Crippen LogP contribution in [0.15, 0.2) is 66.0 Å². The Bertz CT molecular complexity index is 1050. The van der Waals surface area contributed by atoms with Gasteiger partial charge in [-0.1, -0.05) is 41.4 Å². The second-order valence-electron chi connectivity index (χ2n) is 7.58. The minimum Gasteiger partial charge on any atom is -0.497 e.